The van der Waals surface area contributed by atoms with Crippen molar-refractivity contribution in [2.75, 3.05) is 12.4 Å². The van der Waals surface area contributed by atoms with Crippen molar-refractivity contribution in [3.63, 3.8) is 0 Å². The number of rotatable bonds is 4. The van der Waals surface area contributed by atoms with Gasteiger partial charge in [-0.25, -0.2) is 23.7 Å². The Hall–Kier alpha value is -3.07. The zero-order valence-electron chi connectivity index (χ0n) is 17.7. The maximum absolute atomic E-state index is 14.6. The fourth-order valence-corrected chi connectivity index (χ4v) is 5.54. The summed E-state index contributed by atoms with van der Waals surface area (Å²) < 4.78 is 33.6. The molecule has 1 aromatic carbocycles. The number of ether oxygens (including phenoxy) is 1. The molecule has 4 aliphatic rings. The van der Waals surface area contributed by atoms with Crippen molar-refractivity contribution < 1.29 is 13.5 Å². The smallest absolute Gasteiger partial charge is 0.298 e. The van der Waals surface area contributed by atoms with Gasteiger partial charge >= 0.3 is 0 Å². The molecule has 4 aliphatic heterocycles. The maximum atomic E-state index is 14.6. The molecular weight excluding hydrogens is 414 g/mol. The molecule has 0 radical (unpaired) electrons. The number of nitrogens with zero attached hydrogens (tertiary/aromatic N) is 5. The van der Waals surface area contributed by atoms with Crippen molar-refractivity contribution in [3.8, 4) is 0 Å². The average Bonchev–Trinajstić information content (AvgIpc) is 3.40. The molecule has 2 saturated heterocycles. The first-order valence-corrected chi connectivity index (χ1v) is 11.0. The number of nitrogens with one attached hydrogen (secondary N) is 1. The van der Waals surface area contributed by atoms with Crippen LogP contribution in [0.5, 0.6) is 0 Å². The van der Waals surface area contributed by atoms with Crippen molar-refractivity contribution in [2.24, 2.45) is 4.99 Å². The van der Waals surface area contributed by atoms with Crippen molar-refractivity contribution in [3.05, 3.63) is 65.8 Å². The largest absolute Gasteiger partial charge is 0.432 e. The molecule has 2 aromatic rings. The number of hydrogen-bond acceptors (Lipinski definition) is 7. The van der Waals surface area contributed by atoms with E-state index in [9.17, 15) is 8.78 Å². The lowest BCUT2D eigenvalue weighted by atomic mass is 9.96. The van der Waals surface area contributed by atoms with Gasteiger partial charge in [0, 0.05) is 42.2 Å². The van der Waals surface area contributed by atoms with Crippen molar-refractivity contribution in [1.82, 2.24) is 19.8 Å². The first-order valence-electron chi connectivity index (χ1n) is 11.0. The van der Waals surface area contributed by atoms with E-state index in [-0.39, 0.29) is 0 Å². The number of anilines is 1. The molecule has 7 nitrogen and oxygen atoms in total. The van der Waals surface area contributed by atoms with Crippen LogP contribution in [0.15, 0.2) is 47.9 Å². The van der Waals surface area contributed by atoms with Crippen molar-refractivity contribution in [1.29, 1.82) is 0 Å². The summed E-state index contributed by atoms with van der Waals surface area (Å²) in [7, 11) is 2.22. The summed E-state index contributed by atoms with van der Waals surface area (Å²) in [6, 6.07) is 6.28. The van der Waals surface area contributed by atoms with Gasteiger partial charge in [-0.15, -0.1) is 0 Å². The van der Waals surface area contributed by atoms with E-state index in [1.165, 1.54) is 31.2 Å². The SMILES string of the molecule is CN1[C@@H]2CC[C@H]1C[C@@H](Nc1nccc(C3C(c4ccc(F)cc4F)N=C4OC=CN43)n1)C2. The van der Waals surface area contributed by atoms with E-state index < -0.39 is 23.7 Å². The van der Waals surface area contributed by atoms with Gasteiger partial charge in [0.15, 0.2) is 0 Å². The molecule has 5 heterocycles. The van der Waals surface area contributed by atoms with E-state index in [1.54, 1.807) is 12.4 Å². The predicted molar refractivity (Wildman–Crippen MR) is 115 cm³/mol. The highest BCUT2D eigenvalue weighted by atomic mass is 19.1. The van der Waals surface area contributed by atoms with E-state index in [4.69, 9.17) is 9.72 Å². The summed E-state index contributed by atoms with van der Waals surface area (Å²) in [6.07, 6.45) is 9.65. The average molecular weight is 438 g/mol. The minimum absolute atomic E-state index is 0.301. The van der Waals surface area contributed by atoms with Crippen LogP contribution in [0, 0.1) is 11.6 Å². The van der Waals surface area contributed by atoms with Crippen LogP contribution < -0.4 is 5.32 Å². The molecule has 2 unspecified atom stereocenters. The molecule has 1 aromatic heterocycles. The number of aromatic nitrogens is 2. The zero-order valence-corrected chi connectivity index (χ0v) is 17.7. The number of amidine groups is 1. The standard InChI is InChI=1S/C23H24F2N6O/c1-30-15-3-4-16(30)12-14(11-15)27-22-26-7-6-19(28-22)21-20(29-23-31(21)8-9-32-23)17-5-2-13(24)10-18(17)25/h2,5-10,14-16,20-21H,3-4,11-12H2,1H3,(H,26,27,28)/t14-,15+,16-,20?,21?. The molecule has 2 fully saturated rings. The maximum Gasteiger partial charge on any atom is 0.298 e. The zero-order chi connectivity index (χ0) is 21.8. The Balaban J connectivity index is 1.29. The van der Waals surface area contributed by atoms with Gasteiger partial charge in [-0.2, -0.15) is 0 Å². The van der Waals surface area contributed by atoms with Crippen LogP contribution in [0.2, 0.25) is 0 Å². The molecule has 32 heavy (non-hydrogen) atoms. The van der Waals surface area contributed by atoms with E-state index in [0.29, 0.717) is 41.4 Å². The van der Waals surface area contributed by atoms with Crippen LogP contribution in [0.25, 0.3) is 0 Å². The molecule has 0 saturated carbocycles. The third-order valence-electron chi connectivity index (χ3n) is 7.16. The van der Waals surface area contributed by atoms with Gasteiger partial charge < -0.3 is 15.0 Å². The molecule has 0 spiro atoms. The number of piperidine rings is 1. The summed E-state index contributed by atoms with van der Waals surface area (Å²) in [5.74, 6) is -0.693. The molecule has 2 bridgehead atoms. The number of aliphatic imine (C=N–C) groups is 1. The summed E-state index contributed by atoms with van der Waals surface area (Å²) >= 11 is 0. The van der Waals surface area contributed by atoms with Gasteiger partial charge in [0.2, 0.25) is 5.95 Å². The summed E-state index contributed by atoms with van der Waals surface area (Å²) in [6.45, 7) is 0. The monoisotopic (exact) mass is 438 g/mol. The lowest BCUT2D eigenvalue weighted by molar-refractivity contribution is 0.168. The third kappa shape index (κ3) is 3.23. The highest BCUT2D eigenvalue weighted by Crippen LogP contribution is 2.44. The van der Waals surface area contributed by atoms with E-state index in [0.717, 1.165) is 18.9 Å². The second kappa shape index (κ2) is 7.51. The first-order chi connectivity index (χ1) is 15.6. The number of benzene rings is 1. The lowest BCUT2D eigenvalue weighted by Gasteiger charge is -2.36. The van der Waals surface area contributed by atoms with E-state index in [1.807, 2.05) is 11.0 Å². The molecule has 9 heteroatoms. The quantitative estimate of drug-likeness (QED) is 0.785. The highest BCUT2D eigenvalue weighted by Gasteiger charge is 2.43. The van der Waals surface area contributed by atoms with E-state index >= 15 is 0 Å². The third-order valence-corrected chi connectivity index (χ3v) is 7.16. The van der Waals surface area contributed by atoms with Gasteiger partial charge in [0.25, 0.3) is 6.02 Å². The summed E-state index contributed by atoms with van der Waals surface area (Å²) in [4.78, 5) is 18.1. The van der Waals surface area contributed by atoms with Gasteiger partial charge in [0.05, 0.1) is 5.69 Å². The number of hydrogen-bond donors (Lipinski definition) is 1. The molecule has 0 amide bonds. The second-order valence-corrected chi connectivity index (χ2v) is 8.95. The Bertz CT molecular complexity index is 1090. The second-order valence-electron chi connectivity index (χ2n) is 8.95. The molecule has 0 aliphatic carbocycles. The number of halogens is 2. The Morgan fingerprint density at radius 1 is 1.12 bits per heavy atom. The van der Waals surface area contributed by atoms with E-state index in [2.05, 4.69) is 27.2 Å². The fourth-order valence-electron chi connectivity index (χ4n) is 5.54. The molecular formula is C23H24F2N6O. The molecule has 5 atom stereocenters. The van der Waals surface area contributed by atoms with Crippen molar-refractivity contribution in [2.45, 2.75) is 55.9 Å². The topological polar surface area (TPSA) is 65.9 Å². The molecule has 166 valence electrons. The summed E-state index contributed by atoms with van der Waals surface area (Å²) in [5, 5.41) is 3.52. The lowest BCUT2D eigenvalue weighted by Crippen LogP contribution is -2.44. The fraction of sp³-hybridized carbons (Fsp3) is 0.435. The van der Waals surface area contributed by atoms with Crippen LogP contribution in [0.3, 0.4) is 0 Å². The predicted octanol–water partition coefficient (Wildman–Crippen LogP) is 3.75. The van der Waals surface area contributed by atoms with Crippen LogP contribution in [-0.4, -0.2) is 51.0 Å². The van der Waals surface area contributed by atoms with Crippen LogP contribution in [0.1, 0.15) is 49.0 Å². The van der Waals surface area contributed by atoms with Gasteiger partial charge in [-0.3, -0.25) is 4.90 Å². The van der Waals surface area contributed by atoms with Gasteiger partial charge in [-0.05, 0) is 44.9 Å². The normalized spacial score (nSPS) is 30.9. The first kappa shape index (κ1) is 19.6. The Morgan fingerprint density at radius 3 is 2.72 bits per heavy atom. The Morgan fingerprint density at radius 2 is 1.94 bits per heavy atom. The number of fused-ring (bicyclic) bond motifs is 3. The van der Waals surface area contributed by atoms with Gasteiger partial charge in [-0.1, -0.05) is 6.07 Å². The van der Waals surface area contributed by atoms with Crippen molar-refractivity contribution >= 4 is 12.0 Å². The minimum atomic E-state index is -0.635. The Labute approximate surface area is 184 Å². The summed E-state index contributed by atoms with van der Waals surface area (Å²) in [5.41, 5.74) is 0.997. The van der Waals surface area contributed by atoms with Crippen LogP contribution in [0.4, 0.5) is 14.7 Å². The van der Waals surface area contributed by atoms with Crippen LogP contribution in [-0.2, 0) is 4.74 Å². The molecule has 1 N–H and O–H groups in total. The van der Waals surface area contributed by atoms with Gasteiger partial charge in [0.1, 0.15) is 30.0 Å². The minimum Gasteiger partial charge on any atom is -0.432 e. The highest BCUT2D eigenvalue weighted by molar-refractivity contribution is 5.80. The Kier molecular flexibility index (Phi) is 4.60. The molecule has 6 rings (SSSR count). The van der Waals surface area contributed by atoms with Crippen LogP contribution >= 0.6 is 0 Å².